The van der Waals surface area contributed by atoms with Gasteiger partial charge in [0.15, 0.2) is 5.82 Å². The highest BCUT2D eigenvalue weighted by Crippen LogP contribution is 2.36. The lowest BCUT2D eigenvalue weighted by molar-refractivity contribution is 0.606. The molecule has 1 aliphatic carbocycles. The number of aromatic amines is 1. The zero-order chi connectivity index (χ0) is 15.3. The minimum atomic E-state index is 0.533. The van der Waals surface area contributed by atoms with Crippen molar-refractivity contribution in [2.75, 3.05) is 11.4 Å². The first-order valence-corrected chi connectivity index (χ1v) is 8.34. The van der Waals surface area contributed by atoms with Crippen molar-refractivity contribution in [2.24, 2.45) is 11.8 Å². The molecule has 1 saturated carbocycles. The number of aromatic nitrogens is 5. The summed E-state index contributed by atoms with van der Waals surface area (Å²) in [6, 6.07) is 2.58. The van der Waals surface area contributed by atoms with Gasteiger partial charge < -0.3 is 4.90 Å². The molecular formula is C16H24N6. The summed E-state index contributed by atoms with van der Waals surface area (Å²) >= 11 is 0. The molecule has 0 amide bonds. The maximum Gasteiger partial charge on any atom is 0.227 e. The van der Waals surface area contributed by atoms with Crippen molar-refractivity contribution in [3.05, 3.63) is 11.8 Å². The van der Waals surface area contributed by atoms with Gasteiger partial charge in [-0.15, -0.1) is 10.2 Å². The van der Waals surface area contributed by atoms with E-state index in [0.717, 1.165) is 48.1 Å². The summed E-state index contributed by atoms with van der Waals surface area (Å²) < 4.78 is 2.29. The van der Waals surface area contributed by atoms with Crippen molar-refractivity contribution < 1.29 is 0 Å². The van der Waals surface area contributed by atoms with Crippen LogP contribution in [-0.4, -0.2) is 37.5 Å². The van der Waals surface area contributed by atoms with E-state index in [9.17, 15) is 0 Å². The Morgan fingerprint density at radius 1 is 1.27 bits per heavy atom. The molecular weight excluding hydrogens is 276 g/mol. The normalized spacial score (nSPS) is 25.1. The lowest BCUT2D eigenvalue weighted by Gasteiger charge is -2.23. The van der Waals surface area contributed by atoms with Gasteiger partial charge in [0.05, 0.1) is 0 Å². The highest BCUT2D eigenvalue weighted by Gasteiger charge is 2.33. The Hall–Kier alpha value is -1.85. The third kappa shape index (κ3) is 2.40. The molecule has 118 valence electrons. The Morgan fingerprint density at radius 2 is 2.09 bits per heavy atom. The van der Waals surface area contributed by atoms with Crippen molar-refractivity contribution in [1.82, 2.24) is 25.0 Å². The van der Waals surface area contributed by atoms with Crippen LogP contribution in [0.2, 0.25) is 0 Å². The molecule has 6 heteroatoms. The van der Waals surface area contributed by atoms with E-state index in [4.69, 9.17) is 0 Å². The van der Waals surface area contributed by atoms with E-state index in [1.54, 1.807) is 0 Å². The molecule has 1 saturated heterocycles. The topological polar surface area (TPSA) is 62.6 Å². The van der Waals surface area contributed by atoms with Gasteiger partial charge in [0.1, 0.15) is 5.69 Å². The predicted octanol–water partition coefficient (Wildman–Crippen LogP) is 2.62. The van der Waals surface area contributed by atoms with E-state index in [0.29, 0.717) is 6.04 Å². The lowest BCUT2D eigenvalue weighted by atomic mass is 10.1. The van der Waals surface area contributed by atoms with E-state index in [1.807, 2.05) is 13.0 Å². The van der Waals surface area contributed by atoms with Crippen LogP contribution in [0.25, 0.3) is 11.5 Å². The summed E-state index contributed by atoms with van der Waals surface area (Å²) in [7, 11) is 0. The number of hydrogen-bond acceptors (Lipinski definition) is 4. The van der Waals surface area contributed by atoms with Crippen molar-refractivity contribution in [3.63, 3.8) is 0 Å². The van der Waals surface area contributed by atoms with Gasteiger partial charge in [-0.3, -0.25) is 9.67 Å². The molecule has 2 aromatic rings. The van der Waals surface area contributed by atoms with Gasteiger partial charge in [-0.2, -0.15) is 5.10 Å². The molecule has 2 aromatic heterocycles. The van der Waals surface area contributed by atoms with Crippen LogP contribution in [0.4, 0.5) is 5.95 Å². The highest BCUT2D eigenvalue weighted by atomic mass is 15.4. The van der Waals surface area contributed by atoms with E-state index in [-0.39, 0.29) is 0 Å². The maximum atomic E-state index is 4.53. The van der Waals surface area contributed by atoms with Gasteiger partial charge in [-0.1, -0.05) is 6.92 Å². The van der Waals surface area contributed by atoms with Crippen molar-refractivity contribution >= 4 is 5.95 Å². The average Bonchev–Trinajstić information content (AvgIpc) is 2.86. The summed E-state index contributed by atoms with van der Waals surface area (Å²) in [5.74, 6) is 3.43. The fourth-order valence-electron chi connectivity index (χ4n) is 3.53. The van der Waals surface area contributed by atoms with Gasteiger partial charge in [0, 0.05) is 24.8 Å². The minimum Gasteiger partial charge on any atom is -0.338 e. The average molecular weight is 300 g/mol. The number of hydrogen-bond donors (Lipinski definition) is 1. The zero-order valence-corrected chi connectivity index (χ0v) is 13.6. The molecule has 2 aliphatic rings. The SMILES string of the molecule is Cc1cc(-c2nnc(N3CC(C)CC3C)n2CC2CC2)n[nH]1. The molecule has 0 spiro atoms. The first kappa shape index (κ1) is 13.8. The van der Waals surface area contributed by atoms with Crippen LogP contribution in [0.1, 0.15) is 38.8 Å². The molecule has 0 aromatic carbocycles. The summed E-state index contributed by atoms with van der Waals surface area (Å²) in [6.07, 6.45) is 3.87. The molecule has 1 aliphatic heterocycles. The number of H-pyrrole nitrogens is 1. The van der Waals surface area contributed by atoms with Crippen LogP contribution in [-0.2, 0) is 6.54 Å². The molecule has 1 N–H and O–H groups in total. The van der Waals surface area contributed by atoms with Crippen molar-refractivity contribution in [1.29, 1.82) is 0 Å². The van der Waals surface area contributed by atoms with Crippen LogP contribution in [0, 0.1) is 18.8 Å². The Labute approximate surface area is 130 Å². The molecule has 2 fully saturated rings. The van der Waals surface area contributed by atoms with Crippen LogP contribution < -0.4 is 4.90 Å². The second kappa shape index (κ2) is 5.11. The Morgan fingerprint density at radius 3 is 2.68 bits per heavy atom. The number of nitrogens with one attached hydrogen (secondary N) is 1. The smallest absolute Gasteiger partial charge is 0.227 e. The molecule has 2 atom stereocenters. The third-order valence-electron chi connectivity index (χ3n) is 4.84. The Bertz CT molecular complexity index is 668. The second-order valence-corrected chi connectivity index (χ2v) is 7.16. The second-order valence-electron chi connectivity index (χ2n) is 7.16. The van der Waals surface area contributed by atoms with E-state index in [1.165, 1.54) is 19.3 Å². The quantitative estimate of drug-likeness (QED) is 0.943. The summed E-state index contributed by atoms with van der Waals surface area (Å²) in [6.45, 7) is 8.71. The lowest BCUT2D eigenvalue weighted by Crippen LogP contribution is -2.30. The maximum absolute atomic E-state index is 4.53. The van der Waals surface area contributed by atoms with Crippen LogP contribution in [0.15, 0.2) is 6.07 Å². The van der Waals surface area contributed by atoms with Gasteiger partial charge >= 0.3 is 0 Å². The monoisotopic (exact) mass is 300 g/mol. The van der Waals surface area contributed by atoms with E-state index in [2.05, 4.69) is 43.7 Å². The van der Waals surface area contributed by atoms with Gasteiger partial charge in [-0.05, 0) is 51.0 Å². The molecule has 2 unspecified atom stereocenters. The number of rotatable bonds is 4. The molecule has 3 heterocycles. The van der Waals surface area contributed by atoms with Gasteiger partial charge in [0.25, 0.3) is 0 Å². The first-order chi connectivity index (χ1) is 10.6. The van der Waals surface area contributed by atoms with E-state index < -0.39 is 0 Å². The van der Waals surface area contributed by atoms with Crippen LogP contribution >= 0.6 is 0 Å². The van der Waals surface area contributed by atoms with Crippen molar-refractivity contribution in [3.8, 4) is 11.5 Å². The molecule has 22 heavy (non-hydrogen) atoms. The molecule has 0 bridgehead atoms. The fourth-order valence-corrected chi connectivity index (χ4v) is 3.53. The largest absolute Gasteiger partial charge is 0.338 e. The van der Waals surface area contributed by atoms with Crippen LogP contribution in [0.3, 0.4) is 0 Å². The molecule has 6 nitrogen and oxygen atoms in total. The number of aryl methyl sites for hydroxylation is 1. The zero-order valence-electron chi connectivity index (χ0n) is 13.6. The van der Waals surface area contributed by atoms with Gasteiger partial charge in [-0.25, -0.2) is 0 Å². The summed E-state index contributed by atoms with van der Waals surface area (Å²) in [5, 5.41) is 16.4. The highest BCUT2D eigenvalue weighted by molar-refractivity contribution is 5.53. The Kier molecular flexibility index (Phi) is 3.20. The third-order valence-corrected chi connectivity index (χ3v) is 4.84. The summed E-state index contributed by atoms with van der Waals surface area (Å²) in [4.78, 5) is 2.42. The molecule has 0 radical (unpaired) electrons. The molecule has 4 rings (SSSR count). The van der Waals surface area contributed by atoms with Gasteiger partial charge in [0.2, 0.25) is 5.95 Å². The predicted molar refractivity (Wildman–Crippen MR) is 85.7 cm³/mol. The van der Waals surface area contributed by atoms with E-state index >= 15 is 0 Å². The number of anilines is 1. The minimum absolute atomic E-state index is 0.533. The fraction of sp³-hybridized carbons (Fsp3) is 0.688. The Balaban J connectivity index is 1.73. The first-order valence-electron chi connectivity index (χ1n) is 8.34. The van der Waals surface area contributed by atoms with Crippen molar-refractivity contribution in [2.45, 2.75) is 52.6 Å². The standard InChI is InChI=1S/C16H24N6/c1-10-6-12(3)21(8-10)16-20-19-15(14-7-11(2)17-18-14)22(16)9-13-4-5-13/h7,10,12-13H,4-6,8-9H2,1-3H3,(H,17,18). The van der Waals surface area contributed by atoms with Crippen LogP contribution in [0.5, 0.6) is 0 Å². The number of nitrogens with zero attached hydrogens (tertiary/aromatic N) is 5. The summed E-state index contributed by atoms with van der Waals surface area (Å²) in [5.41, 5.74) is 1.96.